The number of morpholine rings is 1. The van der Waals surface area contributed by atoms with E-state index in [0.29, 0.717) is 44.1 Å². The number of aromatic hydroxyl groups is 1. The van der Waals surface area contributed by atoms with Gasteiger partial charge >= 0.3 is 0 Å². The van der Waals surface area contributed by atoms with Gasteiger partial charge in [-0.2, -0.15) is 20.1 Å². The molecule has 1 fully saturated rings. The number of halogens is 1. The second-order valence-electron chi connectivity index (χ2n) is 6.95. The van der Waals surface area contributed by atoms with E-state index in [1.165, 1.54) is 0 Å². The lowest BCUT2D eigenvalue weighted by molar-refractivity contribution is 0.122. The molecule has 4 rings (SSSR count). The molecule has 2 heterocycles. The van der Waals surface area contributed by atoms with Gasteiger partial charge in [-0.05, 0) is 70.4 Å². The van der Waals surface area contributed by atoms with Crippen molar-refractivity contribution < 1.29 is 9.84 Å². The highest BCUT2D eigenvalue weighted by Crippen LogP contribution is 2.26. The standard InChI is InChI=1S/C21H22BrN7O2/c1-14-2-7-18(17(22)12-14)24-19-25-20(27-21(26-19)29-8-10-31-11-9-29)28-23-13-15-3-5-16(30)6-4-15/h2-7,12-13,30H,8-11H2,1H3,(H2,24,25,26,27,28). The van der Waals surface area contributed by atoms with E-state index in [-0.39, 0.29) is 5.75 Å². The number of rotatable bonds is 6. The number of nitrogens with one attached hydrogen (secondary N) is 2. The molecule has 0 atom stereocenters. The van der Waals surface area contributed by atoms with Gasteiger partial charge in [0.2, 0.25) is 17.8 Å². The fraction of sp³-hybridized carbons (Fsp3) is 0.238. The Balaban J connectivity index is 1.58. The Labute approximate surface area is 188 Å². The van der Waals surface area contributed by atoms with Gasteiger partial charge in [0.25, 0.3) is 0 Å². The number of hydrogen-bond donors (Lipinski definition) is 3. The Morgan fingerprint density at radius 1 is 1.06 bits per heavy atom. The molecule has 0 saturated carbocycles. The zero-order valence-corrected chi connectivity index (χ0v) is 18.5. The lowest BCUT2D eigenvalue weighted by Gasteiger charge is -2.27. The third-order valence-electron chi connectivity index (χ3n) is 4.56. The lowest BCUT2D eigenvalue weighted by Crippen LogP contribution is -2.37. The van der Waals surface area contributed by atoms with Crippen LogP contribution in [0.25, 0.3) is 0 Å². The quantitative estimate of drug-likeness (QED) is 0.360. The predicted molar refractivity (Wildman–Crippen MR) is 124 cm³/mol. The number of hydrazone groups is 1. The van der Waals surface area contributed by atoms with Crippen LogP contribution in [0.5, 0.6) is 5.75 Å². The van der Waals surface area contributed by atoms with Crippen LogP contribution in [0, 0.1) is 6.92 Å². The van der Waals surface area contributed by atoms with Gasteiger partial charge in [-0.1, -0.05) is 6.07 Å². The van der Waals surface area contributed by atoms with Gasteiger partial charge in [0.15, 0.2) is 0 Å². The number of aromatic nitrogens is 3. The minimum atomic E-state index is 0.204. The first-order valence-electron chi connectivity index (χ1n) is 9.77. The number of aryl methyl sites for hydroxylation is 1. The average molecular weight is 484 g/mol. The van der Waals surface area contributed by atoms with Gasteiger partial charge in [-0.3, -0.25) is 0 Å². The Morgan fingerprint density at radius 3 is 2.55 bits per heavy atom. The molecule has 3 aromatic rings. The molecule has 0 unspecified atom stereocenters. The normalized spacial score (nSPS) is 14.1. The van der Waals surface area contributed by atoms with Crippen LogP contribution < -0.4 is 15.6 Å². The van der Waals surface area contributed by atoms with Crippen LogP contribution in [0.1, 0.15) is 11.1 Å². The molecule has 1 aliphatic rings. The summed E-state index contributed by atoms with van der Waals surface area (Å²) in [5.41, 5.74) is 5.70. The van der Waals surface area contributed by atoms with E-state index in [4.69, 9.17) is 4.74 Å². The van der Waals surface area contributed by atoms with E-state index in [0.717, 1.165) is 21.3 Å². The van der Waals surface area contributed by atoms with Crippen molar-refractivity contribution in [2.75, 3.05) is 41.9 Å². The minimum Gasteiger partial charge on any atom is -0.508 e. The van der Waals surface area contributed by atoms with Crippen molar-refractivity contribution >= 4 is 45.7 Å². The van der Waals surface area contributed by atoms with Crippen LogP contribution in [0.3, 0.4) is 0 Å². The summed E-state index contributed by atoms with van der Waals surface area (Å²) >= 11 is 3.57. The van der Waals surface area contributed by atoms with Gasteiger partial charge < -0.3 is 20.1 Å². The number of phenols is 1. The molecular formula is C21H22BrN7O2. The molecule has 31 heavy (non-hydrogen) atoms. The monoisotopic (exact) mass is 483 g/mol. The second-order valence-corrected chi connectivity index (χ2v) is 7.81. The fourth-order valence-electron chi connectivity index (χ4n) is 2.94. The van der Waals surface area contributed by atoms with E-state index < -0.39 is 0 Å². The van der Waals surface area contributed by atoms with Crippen LogP contribution in [0.4, 0.5) is 23.5 Å². The topological polar surface area (TPSA) is 108 Å². The summed E-state index contributed by atoms with van der Waals surface area (Å²) in [5.74, 6) is 1.47. The van der Waals surface area contributed by atoms with Gasteiger partial charge in [-0.15, -0.1) is 0 Å². The van der Waals surface area contributed by atoms with E-state index in [1.54, 1.807) is 30.5 Å². The Hall–Kier alpha value is -3.24. The molecular weight excluding hydrogens is 462 g/mol. The van der Waals surface area contributed by atoms with Gasteiger partial charge in [-0.25, -0.2) is 5.43 Å². The van der Waals surface area contributed by atoms with Crippen LogP contribution >= 0.6 is 15.9 Å². The molecule has 1 saturated heterocycles. The number of hydrogen-bond acceptors (Lipinski definition) is 9. The van der Waals surface area contributed by atoms with Crippen molar-refractivity contribution in [3.05, 3.63) is 58.1 Å². The molecule has 2 aromatic carbocycles. The molecule has 0 amide bonds. The summed E-state index contributed by atoms with van der Waals surface area (Å²) in [7, 11) is 0. The first-order chi connectivity index (χ1) is 15.1. The van der Waals surface area contributed by atoms with Crippen molar-refractivity contribution in [3.63, 3.8) is 0 Å². The van der Waals surface area contributed by atoms with Crippen molar-refractivity contribution in [3.8, 4) is 5.75 Å². The summed E-state index contributed by atoms with van der Waals surface area (Å²) in [5, 5.41) is 16.9. The van der Waals surface area contributed by atoms with Crippen molar-refractivity contribution in [1.29, 1.82) is 0 Å². The van der Waals surface area contributed by atoms with Crippen LogP contribution in [0.15, 0.2) is 52.0 Å². The maximum atomic E-state index is 9.39. The molecule has 0 bridgehead atoms. The molecule has 160 valence electrons. The van der Waals surface area contributed by atoms with Gasteiger partial charge in [0.05, 0.1) is 25.1 Å². The second kappa shape index (κ2) is 9.71. The van der Waals surface area contributed by atoms with Crippen LogP contribution in [-0.4, -0.2) is 52.6 Å². The van der Waals surface area contributed by atoms with E-state index in [9.17, 15) is 5.11 Å². The summed E-state index contributed by atoms with van der Waals surface area (Å²) in [6, 6.07) is 12.7. The zero-order valence-electron chi connectivity index (χ0n) is 16.9. The molecule has 0 spiro atoms. The number of benzene rings is 2. The number of phenolic OH excluding ortho intramolecular Hbond substituents is 1. The number of ether oxygens (including phenoxy) is 1. The molecule has 9 nitrogen and oxygen atoms in total. The Morgan fingerprint density at radius 2 is 1.81 bits per heavy atom. The number of anilines is 4. The summed E-state index contributed by atoms with van der Waals surface area (Å²) in [6.45, 7) is 4.68. The minimum absolute atomic E-state index is 0.204. The first-order valence-corrected chi connectivity index (χ1v) is 10.6. The fourth-order valence-corrected chi connectivity index (χ4v) is 3.53. The summed E-state index contributed by atoms with van der Waals surface area (Å²) in [4.78, 5) is 15.6. The van der Waals surface area contributed by atoms with Crippen molar-refractivity contribution in [2.45, 2.75) is 6.92 Å². The Bertz CT molecular complexity index is 1070. The molecule has 10 heteroatoms. The molecule has 1 aliphatic heterocycles. The largest absolute Gasteiger partial charge is 0.508 e. The average Bonchev–Trinajstić information content (AvgIpc) is 2.78. The smallest absolute Gasteiger partial charge is 0.250 e. The van der Waals surface area contributed by atoms with Gasteiger partial charge in [0.1, 0.15) is 5.75 Å². The zero-order chi connectivity index (χ0) is 21.6. The summed E-state index contributed by atoms with van der Waals surface area (Å²) in [6.07, 6.45) is 1.63. The summed E-state index contributed by atoms with van der Waals surface area (Å²) < 4.78 is 6.35. The van der Waals surface area contributed by atoms with E-state index in [1.807, 2.05) is 25.1 Å². The first kappa shape index (κ1) is 21.0. The molecule has 0 aliphatic carbocycles. The maximum absolute atomic E-state index is 9.39. The van der Waals surface area contributed by atoms with Crippen LogP contribution in [0.2, 0.25) is 0 Å². The highest BCUT2D eigenvalue weighted by molar-refractivity contribution is 9.10. The van der Waals surface area contributed by atoms with Crippen molar-refractivity contribution in [1.82, 2.24) is 15.0 Å². The van der Waals surface area contributed by atoms with E-state index >= 15 is 0 Å². The van der Waals surface area contributed by atoms with E-state index in [2.05, 4.69) is 51.6 Å². The van der Waals surface area contributed by atoms with Crippen molar-refractivity contribution in [2.24, 2.45) is 5.10 Å². The van der Waals surface area contributed by atoms with Gasteiger partial charge in [0, 0.05) is 17.6 Å². The third-order valence-corrected chi connectivity index (χ3v) is 5.22. The lowest BCUT2D eigenvalue weighted by atomic mass is 10.2. The number of nitrogens with zero attached hydrogens (tertiary/aromatic N) is 5. The molecule has 3 N–H and O–H groups in total. The Kier molecular flexibility index (Phi) is 6.58. The highest BCUT2D eigenvalue weighted by Gasteiger charge is 2.17. The maximum Gasteiger partial charge on any atom is 0.250 e. The van der Waals surface area contributed by atoms with Crippen LogP contribution in [-0.2, 0) is 4.74 Å². The molecule has 0 radical (unpaired) electrons. The predicted octanol–water partition coefficient (Wildman–Crippen LogP) is 3.67. The molecule has 1 aromatic heterocycles. The SMILES string of the molecule is Cc1ccc(Nc2nc(NN=Cc3ccc(O)cc3)nc(N3CCOCC3)n2)c(Br)c1. The highest BCUT2D eigenvalue weighted by atomic mass is 79.9. The third kappa shape index (κ3) is 5.68.